The molecule has 5 rings (SSSR count). The maximum Gasteiger partial charge on any atom is 0.410 e. The summed E-state index contributed by atoms with van der Waals surface area (Å²) in [4.78, 5) is 27.7. The van der Waals surface area contributed by atoms with Gasteiger partial charge in [0, 0.05) is 18.2 Å². The summed E-state index contributed by atoms with van der Waals surface area (Å²) in [5, 5.41) is 2.96. The molecule has 0 atom stereocenters. The van der Waals surface area contributed by atoms with E-state index in [1.165, 1.54) is 53.7 Å². The van der Waals surface area contributed by atoms with Crippen LogP contribution in [0.4, 0.5) is 10.5 Å². The summed E-state index contributed by atoms with van der Waals surface area (Å²) in [6.07, 6.45) is 7.40. The van der Waals surface area contributed by atoms with E-state index in [2.05, 4.69) is 41.7 Å². The van der Waals surface area contributed by atoms with Gasteiger partial charge < -0.3 is 15.8 Å². The zero-order valence-corrected chi connectivity index (χ0v) is 22.6. The van der Waals surface area contributed by atoms with Crippen molar-refractivity contribution in [2.45, 2.75) is 56.8 Å². The molecule has 2 aliphatic carbocycles. The number of nitrogens with two attached hydrogens (primary N) is 1. The second-order valence-electron chi connectivity index (χ2n) is 10.7. The van der Waals surface area contributed by atoms with E-state index in [9.17, 15) is 9.59 Å². The molecule has 6 heteroatoms. The number of carbonyl (C=O) groups excluding carboxylic acids is 2. The Morgan fingerprint density at radius 3 is 2.13 bits per heavy atom. The van der Waals surface area contributed by atoms with Crippen LogP contribution in [-0.2, 0) is 9.53 Å². The van der Waals surface area contributed by atoms with Gasteiger partial charge in [-0.15, -0.1) is 0 Å². The van der Waals surface area contributed by atoms with Crippen molar-refractivity contribution < 1.29 is 14.3 Å². The number of anilines is 1. The standard InChI is InChI=1S/C33H39N3O3/c34-20-8-9-21-36(22-32(37)35-26-18-16-25(17-19-26)24-10-2-1-3-11-24)33(38)39-23-31-29-14-6-4-12-27(29)28-13-5-7-15-30(28)31/h4-7,12-19,24,31H,1-3,8-11,20-23,34H2,(H,35,37). The van der Waals surface area contributed by atoms with Crippen molar-refractivity contribution in [2.24, 2.45) is 5.73 Å². The van der Waals surface area contributed by atoms with E-state index in [-0.39, 0.29) is 25.0 Å². The Labute approximate surface area is 231 Å². The molecule has 0 heterocycles. The van der Waals surface area contributed by atoms with Gasteiger partial charge in [-0.3, -0.25) is 9.69 Å². The minimum absolute atomic E-state index is 0.0243. The maximum atomic E-state index is 13.2. The van der Waals surface area contributed by atoms with Crippen LogP contribution in [0.25, 0.3) is 11.1 Å². The number of fused-ring (bicyclic) bond motifs is 3. The number of nitrogens with one attached hydrogen (secondary N) is 1. The SMILES string of the molecule is NCCCCN(CC(=O)Nc1ccc(C2CCCCC2)cc1)C(=O)OCC1c2ccccc2-c2ccccc21. The lowest BCUT2D eigenvalue weighted by Crippen LogP contribution is -2.39. The van der Waals surface area contributed by atoms with Gasteiger partial charge in [-0.25, -0.2) is 4.79 Å². The minimum atomic E-state index is -0.475. The van der Waals surface area contributed by atoms with E-state index in [1.807, 2.05) is 36.4 Å². The number of benzene rings is 3. The van der Waals surface area contributed by atoms with Crippen molar-refractivity contribution in [3.05, 3.63) is 89.5 Å². The molecule has 3 aromatic carbocycles. The molecule has 204 valence electrons. The van der Waals surface area contributed by atoms with Gasteiger partial charge in [-0.05, 0) is 78.1 Å². The largest absolute Gasteiger partial charge is 0.448 e. The molecule has 0 radical (unpaired) electrons. The van der Waals surface area contributed by atoms with Crippen LogP contribution in [-0.4, -0.2) is 43.1 Å². The summed E-state index contributed by atoms with van der Waals surface area (Å²) in [7, 11) is 0. The summed E-state index contributed by atoms with van der Waals surface area (Å²) < 4.78 is 5.84. The van der Waals surface area contributed by atoms with Gasteiger partial charge in [0.2, 0.25) is 5.91 Å². The van der Waals surface area contributed by atoms with Gasteiger partial charge >= 0.3 is 6.09 Å². The number of carbonyl (C=O) groups is 2. The molecule has 0 bridgehead atoms. The fourth-order valence-electron chi connectivity index (χ4n) is 6.02. The molecule has 3 N–H and O–H groups in total. The lowest BCUT2D eigenvalue weighted by Gasteiger charge is -2.23. The topological polar surface area (TPSA) is 84.7 Å². The quantitative estimate of drug-likeness (QED) is 0.290. The minimum Gasteiger partial charge on any atom is -0.448 e. The Bertz CT molecular complexity index is 1220. The Balaban J connectivity index is 1.20. The van der Waals surface area contributed by atoms with Crippen LogP contribution < -0.4 is 11.1 Å². The second-order valence-corrected chi connectivity index (χ2v) is 10.7. The maximum absolute atomic E-state index is 13.2. The van der Waals surface area contributed by atoms with Crippen LogP contribution >= 0.6 is 0 Å². The van der Waals surface area contributed by atoms with Crippen molar-refractivity contribution in [3.63, 3.8) is 0 Å². The molecular weight excluding hydrogens is 486 g/mol. The third kappa shape index (κ3) is 6.51. The summed E-state index contributed by atoms with van der Waals surface area (Å²) in [6.45, 7) is 1.12. The molecule has 6 nitrogen and oxygen atoms in total. The van der Waals surface area contributed by atoms with Crippen molar-refractivity contribution in [3.8, 4) is 11.1 Å². The summed E-state index contributed by atoms with van der Waals surface area (Å²) in [6, 6.07) is 24.7. The van der Waals surface area contributed by atoms with Gasteiger partial charge in [-0.2, -0.15) is 0 Å². The zero-order chi connectivity index (χ0) is 27.0. The lowest BCUT2D eigenvalue weighted by atomic mass is 9.84. The number of nitrogens with zero attached hydrogens (tertiary/aromatic N) is 1. The molecule has 0 aromatic heterocycles. The molecule has 39 heavy (non-hydrogen) atoms. The first-order valence-electron chi connectivity index (χ1n) is 14.3. The van der Waals surface area contributed by atoms with Gasteiger partial charge in [0.15, 0.2) is 0 Å². The third-order valence-corrected chi connectivity index (χ3v) is 8.08. The molecular formula is C33H39N3O3. The Kier molecular flexibility index (Phi) is 8.94. The predicted octanol–water partition coefficient (Wildman–Crippen LogP) is 6.66. The van der Waals surface area contributed by atoms with E-state index in [0.717, 1.165) is 23.2 Å². The normalized spacial score (nSPS) is 14.9. The summed E-state index contributed by atoms with van der Waals surface area (Å²) >= 11 is 0. The van der Waals surface area contributed by atoms with E-state index in [4.69, 9.17) is 10.5 Å². The average Bonchev–Trinajstić information content (AvgIpc) is 3.30. The first-order chi connectivity index (χ1) is 19.1. The summed E-state index contributed by atoms with van der Waals surface area (Å²) in [5.74, 6) is 0.362. The van der Waals surface area contributed by atoms with Gasteiger partial charge in [0.05, 0.1) is 0 Å². The van der Waals surface area contributed by atoms with Crippen LogP contribution in [0.2, 0.25) is 0 Å². The van der Waals surface area contributed by atoms with E-state index in [0.29, 0.717) is 25.4 Å². The van der Waals surface area contributed by atoms with Crippen LogP contribution in [0, 0.1) is 0 Å². The predicted molar refractivity (Wildman–Crippen MR) is 156 cm³/mol. The molecule has 0 unspecified atom stereocenters. The van der Waals surface area contributed by atoms with E-state index in [1.54, 1.807) is 0 Å². The van der Waals surface area contributed by atoms with Crippen LogP contribution in [0.3, 0.4) is 0 Å². The molecule has 1 saturated carbocycles. The Hall–Kier alpha value is -3.64. The fraction of sp³-hybridized carbons (Fsp3) is 0.394. The molecule has 3 aromatic rings. The lowest BCUT2D eigenvalue weighted by molar-refractivity contribution is -0.117. The monoisotopic (exact) mass is 525 g/mol. The van der Waals surface area contributed by atoms with Crippen LogP contribution in [0.15, 0.2) is 72.8 Å². The highest BCUT2D eigenvalue weighted by Crippen LogP contribution is 2.44. The number of amides is 2. The van der Waals surface area contributed by atoms with Gasteiger partial charge in [0.25, 0.3) is 0 Å². The number of hydrogen-bond acceptors (Lipinski definition) is 4. The van der Waals surface area contributed by atoms with E-state index < -0.39 is 6.09 Å². The Morgan fingerprint density at radius 2 is 1.49 bits per heavy atom. The zero-order valence-electron chi connectivity index (χ0n) is 22.6. The van der Waals surface area contributed by atoms with Crippen molar-refractivity contribution >= 4 is 17.7 Å². The highest BCUT2D eigenvalue weighted by atomic mass is 16.6. The number of rotatable bonds is 10. The molecule has 1 fully saturated rings. The molecule has 0 aliphatic heterocycles. The smallest absolute Gasteiger partial charge is 0.410 e. The Morgan fingerprint density at radius 1 is 0.846 bits per heavy atom. The third-order valence-electron chi connectivity index (χ3n) is 8.08. The number of hydrogen-bond donors (Lipinski definition) is 2. The first-order valence-corrected chi connectivity index (χ1v) is 14.3. The van der Waals surface area contributed by atoms with E-state index >= 15 is 0 Å². The first kappa shape index (κ1) is 26.9. The highest BCUT2D eigenvalue weighted by molar-refractivity contribution is 5.93. The number of ether oxygens (including phenoxy) is 1. The van der Waals surface area contributed by atoms with Crippen molar-refractivity contribution in [1.82, 2.24) is 4.90 Å². The van der Waals surface area contributed by atoms with Gasteiger partial charge in [0.1, 0.15) is 13.2 Å². The van der Waals surface area contributed by atoms with Gasteiger partial charge in [-0.1, -0.05) is 79.9 Å². The molecule has 2 aliphatic rings. The summed E-state index contributed by atoms with van der Waals surface area (Å²) in [5.41, 5.74) is 12.5. The fourth-order valence-corrected chi connectivity index (χ4v) is 6.02. The molecule has 0 spiro atoms. The van der Waals surface area contributed by atoms with Crippen LogP contribution in [0.5, 0.6) is 0 Å². The average molecular weight is 526 g/mol. The molecule has 0 saturated heterocycles. The van der Waals surface area contributed by atoms with Crippen molar-refractivity contribution in [2.75, 3.05) is 31.6 Å². The molecule has 2 amide bonds. The highest BCUT2D eigenvalue weighted by Gasteiger charge is 2.30. The van der Waals surface area contributed by atoms with Crippen molar-refractivity contribution in [1.29, 1.82) is 0 Å². The second kappa shape index (κ2) is 12.9. The number of unbranched alkanes of at least 4 members (excludes halogenated alkanes) is 1. The van der Waals surface area contributed by atoms with Crippen LogP contribution in [0.1, 0.15) is 73.5 Å².